The van der Waals surface area contributed by atoms with Crippen molar-refractivity contribution in [3.05, 3.63) is 33.4 Å². The third-order valence-corrected chi connectivity index (χ3v) is 4.34. The molecule has 0 aliphatic carbocycles. The van der Waals surface area contributed by atoms with Gasteiger partial charge in [-0.3, -0.25) is 14.9 Å². The lowest BCUT2D eigenvalue weighted by molar-refractivity contribution is -0.385. The Morgan fingerprint density at radius 1 is 1.42 bits per heavy atom. The van der Waals surface area contributed by atoms with Crippen LogP contribution >= 0.6 is 15.9 Å². The second kappa shape index (κ2) is 5.28. The second-order valence-electron chi connectivity index (χ2n) is 4.91. The number of carbonyl (C=O) groups excluding carboxylic acids is 1. The molecule has 102 valence electrons. The van der Waals surface area contributed by atoms with Crippen LogP contribution in [-0.4, -0.2) is 22.7 Å². The van der Waals surface area contributed by atoms with E-state index in [4.69, 9.17) is 0 Å². The Kier molecular flexibility index (Phi) is 3.89. The maximum Gasteiger partial charge on any atom is 0.272 e. The fraction of sp³-hybridized carbons (Fsp3) is 0.462. The number of rotatable bonds is 3. The van der Waals surface area contributed by atoms with Crippen LogP contribution in [0.1, 0.15) is 17.5 Å². The molecule has 1 atom stereocenters. The van der Waals surface area contributed by atoms with E-state index in [9.17, 15) is 14.9 Å². The van der Waals surface area contributed by atoms with Crippen molar-refractivity contribution in [2.45, 2.75) is 20.3 Å². The molecule has 1 fully saturated rings. The van der Waals surface area contributed by atoms with Gasteiger partial charge in [-0.25, -0.2) is 0 Å². The zero-order valence-corrected chi connectivity index (χ0v) is 12.4. The number of amides is 1. The lowest BCUT2D eigenvalue weighted by atomic mass is 10.1. The molecule has 0 spiro atoms. The summed E-state index contributed by atoms with van der Waals surface area (Å²) in [5.74, 6) is 0.392. The number of halogens is 1. The van der Waals surface area contributed by atoms with Crippen molar-refractivity contribution < 1.29 is 9.72 Å². The van der Waals surface area contributed by atoms with E-state index < -0.39 is 0 Å². The molecule has 1 aromatic rings. The molecule has 1 heterocycles. The number of alkyl halides is 1. The Bertz CT molecular complexity index is 545. The minimum absolute atomic E-state index is 0.0841. The number of nitrogens with zero attached hydrogens (tertiary/aromatic N) is 2. The molecule has 1 unspecified atom stereocenters. The quantitative estimate of drug-likeness (QED) is 0.487. The van der Waals surface area contributed by atoms with Crippen molar-refractivity contribution in [1.29, 1.82) is 0 Å². The van der Waals surface area contributed by atoms with Gasteiger partial charge in [0, 0.05) is 35.6 Å². The van der Waals surface area contributed by atoms with E-state index in [2.05, 4.69) is 15.9 Å². The van der Waals surface area contributed by atoms with Crippen molar-refractivity contribution in [2.75, 3.05) is 16.8 Å². The Labute approximate surface area is 119 Å². The predicted molar refractivity (Wildman–Crippen MR) is 76.8 cm³/mol. The van der Waals surface area contributed by atoms with E-state index in [1.54, 1.807) is 30.9 Å². The first-order valence-corrected chi connectivity index (χ1v) is 7.18. The Morgan fingerprint density at radius 2 is 2.11 bits per heavy atom. The van der Waals surface area contributed by atoms with Gasteiger partial charge in [0.1, 0.15) is 0 Å². The van der Waals surface area contributed by atoms with E-state index in [1.165, 1.54) is 0 Å². The number of carbonyl (C=O) groups is 1. The minimum atomic E-state index is -0.390. The number of nitro groups is 1. The standard InChI is InChI=1S/C13H15BrN2O3/c1-8-4-12(16(18)19)9(2)3-11(8)15-7-10(6-14)5-13(15)17/h3-4,10H,5-7H2,1-2H3. The average molecular weight is 327 g/mol. The number of aryl methyl sites for hydroxylation is 2. The molecule has 6 heteroatoms. The van der Waals surface area contributed by atoms with Crippen LogP contribution in [-0.2, 0) is 4.79 Å². The molecule has 0 saturated carbocycles. The van der Waals surface area contributed by atoms with E-state index in [-0.39, 0.29) is 16.5 Å². The van der Waals surface area contributed by atoms with Crippen LogP contribution in [0.25, 0.3) is 0 Å². The molecule has 5 nitrogen and oxygen atoms in total. The molecule has 0 bridgehead atoms. The normalized spacial score (nSPS) is 19.0. The molecule has 0 radical (unpaired) electrons. The molecule has 1 aliphatic rings. The molecule has 0 aromatic heterocycles. The van der Waals surface area contributed by atoms with Gasteiger partial charge in [0.05, 0.1) is 4.92 Å². The number of nitro benzene ring substituents is 1. The lowest BCUT2D eigenvalue weighted by Crippen LogP contribution is -2.25. The first-order valence-electron chi connectivity index (χ1n) is 6.06. The van der Waals surface area contributed by atoms with Crippen molar-refractivity contribution in [1.82, 2.24) is 0 Å². The van der Waals surface area contributed by atoms with Gasteiger partial charge in [0.25, 0.3) is 5.69 Å². The highest BCUT2D eigenvalue weighted by Gasteiger charge is 2.31. The summed E-state index contributed by atoms with van der Waals surface area (Å²) in [7, 11) is 0. The SMILES string of the molecule is Cc1cc([N+](=O)[O-])c(C)cc1N1CC(CBr)CC1=O. The summed E-state index contributed by atoms with van der Waals surface area (Å²) < 4.78 is 0. The van der Waals surface area contributed by atoms with Crippen LogP contribution in [0, 0.1) is 29.9 Å². The molecular formula is C13H15BrN2O3. The van der Waals surface area contributed by atoms with Crippen molar-refractivity contribution >= 4 is 33.2 Å². The summed E-state index contributed by atoms with van der Waals surface area (Å²) in [4.78, 5) is 24.2. The smallest absolute Gasteiger partial charge is 0.272 e. The summed E-state index contributed by atoms with van der Waals surface area (Å²) in [5, 5.41) is 11.7. The summed E-state index contributed by atoms with van der Waals surface area (Å²) in [5.41, 5.74) is 2.24. The van der Waals surface area contributed by atoms with Gasteiger partial charge >= 0.3 is 0 Å². The van der Waals surface area contributed by atoms with Gasteiger partial charge in [-0.1, -0.05) is 15.9 Å². The van der Waals surface area contributed by atoms with Crippen LogP contribution in [0.3, 0.4) is 0 Å². The Morgan fingerprint density at radius 3 is 2.63 bits per heavy atom. The third kappa shape index (κ3) is 2.63. The zero-order chi connectivity index (χ0) is 14.2. The zero-order valence-electron chi connectivity index (χ0n) is 10.9. The summed E-state index contributed by atoms with van der Waals surface area (Å²) >= 11 is 3.40. The molecule has 19 heavy (non-hydrogen) atoms. The predicted octanol–water partition coefficient (Wildman–Crippen LogP) is 2.96. The highest BCUT2D eigenvalue weighted by Crippen LogP contribution is 2.32. The molecular weight excluding hydrogens is 312 g/mol. The second-order valence-corrected chi connectivity index (χ2v) is 5.56. The highest BCUT2D eigenvalue weighted by atomic mass is 79.9. The van der Waals surface area contributed by atoms with Gasteiger partial charge in [-0.15, -0.1) is 0 Å². The lowest BCUT2D eigenvalue weighted by Gasteiger charge is -2.19. The maximum absolute atomic E-state index is 12.0. The number of anilines is 1. The topological polar surface area (TPSA) is 63.5 Å². The van der Waals surface area contributed by atoms with Crippen molar-refractivity contribution in [3.63, 3.8) is 0 Å². The fourth-order valence-electron chi connectivity index (χ4n) is 2.39. The first-order chi connectivity index (χ1) is 8.93. The number of hydrogen-bond donors (Lipinski definition) is 0. The molecule has 1 aliphatic heterocycles. The molecule has 1 aromatic carbocycles. The van der Waals surface area contributed by atoms with E-state index >= 15 is 0 Å². The Hall–Kier alpha value is -1.43. The van der Waals surface area contributed by atoms with Crippen LogP contribution in [0.15, 0.2) is 12.1 Å². The van der Waals surface area contributed by atoms with E-state index in [0.717, 1.165) is 16.6 Å². The van der Waals surface area contributed by atoms with Gasteiger partial charge in [-0.2, -0.15) is 0 Å². The average Bonchev–Trinajstić information content (AvgIpc) is 2.72. The van der Waals surface area contributed by atoms with Crippen LogP contribution < -0.4 is 4.90 Å². The van der Waals surface area contributed by atoms with Crippen molar-refractivity contribution in [2.24, 2.45) is 5.92 Å². The monoisotopic (exact) mass is 326 g/mol. The van der Waals surface area contributed by atoms with Gasteiger partial charge in [0.15, 0.2) is 0 Å². The third-order valence-electron chi connectivity index (χ3n) is 3.43. The number of hydrogen-bond acceptors (Lipinski definition) is 3. The maximum atomic E-state index is 12.0. The van der Waals surface area contributed by atoms with Gasteiger partial charge < -0.3 is 4.90 Å². The minimum Gasteiger partial charge on any atom is -0.312 e. The summed E-state index contributed by atoms with van der Waals surface area (Å²) in [6.07, 6.45) is 0.528. The highest BCUT2D eigenvalue weighted by molar-refractivity contribution is 9.09. The molecule has 0 N–H and O–H groups in total. The summed E-state index contributed by atoms with van der Waals surface area (Å²) in [6, 6.07) is 3.28. The number of benzene rings is 1. The molecule has 1 saturated heterocycles. The molecule has 2 rings (SSSR count). The van der Waals surface area contributed by atoms with Crippen LogP contribution in [0.4, 0.5) is 11.4 Å². The van der Waals surface area contributed by atoms with Crippen LogP contribution in [0.2, 0.25) is 0 Å². The summed E-state index contributed by atoms with van der Waals surface area (Å²) in [6.45, 7) is 4.17. The van der Waals surface area contributed by atoms with Crippen molar-refractivity contribution in [3.8, 4) is 0 Å². The Balaban J connectivity index is 2.39. The largest absolute Gasteiger partial charge is 0.312 e. The van der Waals surface area contributed by atoms with E-state index in [1.807, 2.05) is 0 Å². The fourth-order valence-corrected chi connectivity index (χ4v) is 2.82. The first kappa shape index (κ1) is 14.0. The van der Waals surface area contributed by atoms with E-state index in [0.29, 0.717) is 24.4 Å². The van der Waals surface area contributed by atoms with Crippen LogP contribution in [0.5, 0.6) is 0 Å². The molecule has 1 amide bonds. The van der Waals surface area contributed by atoms with Gasteiger partial charge in [0.2, 0.25) is 5.91 Å². The van der Waals surface area contributed by atoms with Gasteiger partial charge in [-0.05, 0) is 31.4 Å².